The predicted octanol–water partition coefficient (Wildman–Crippen LogP) is -0.146. The lowest BCUT2D eigenvalue weighted by Gasteiger charge is -1.98. The second kappa shape index (κ2) is 5.14. The Labute approximate surface area is 57.9 Å². The van der Waals surface area contributed by atoms with Crippen LogP contribution in [0.1, 0.15) is 0 Å². The Bertz CT molecular complexity index is 77.7. The van der Waals surface area contributed by atoms with Gasteiger partial charge in [-0.05, 0) is 12.2 Å². The molecule has 48 valence electrons. The van der Waals surface area contributed by atoms with Gasteiger partial charge in [-0.1, -0.05) is 11.9 Å². The third-order valence-electron chi connectivity index (χ3n) is 0.446. The van der Waals surface area contributed by atoms with Crippen molar-refractivity contribution in [3.63, 3.8) is 0 Å². The Kier molecular flexibility index (Phi) is 5.14. The maximum atomic E-state index is 5.07. The highest BCUT2D eigenvalue weighted by Gasteiger charge is 1.85. The molecule has 0 atom stereocenters. The van der Waals surface area contributed by atoms with E-state index in [2.05, 4.69) is 12.2 Å². The van der Waals surface area contributed by atoms with Gasteiger partial charge in [-0.3, -0.25) is 5.14 Å². The maximum Gasteiger partial charge on any atom is 0.253 e. The first-order valence-corrected chi connectivity index (χ1v) is 3.47. The summed E-state index contributed by atoms with van der Waals surface area (Å²) in [5, 5.41) is 5.15. The summed E-state index contributed by atoms with van der Waals surface area (Å²) in [4.78, 5) is 0. The molecule has 0 amide bonds. The summed E-state index contributed by atoms with van der Waals surface area (Å²) >= 11 is 5.62. The third kappa shape index (κ3) is 6.00. The van der Waals surface area contributed by atoms with E-state index in [0.29, 0.717) is 6.61 Å². The summed E-state index contributed by atoms with van der Waals surface area (Å²) in [5.41, 5.74) is 4.99. The zero-order valence-corrected chi connectivity index (χ0v) is 5.93. The molecule has 4 N–H and O–H groups in total. The molecule has 0 aliphatic heterocycles. The SMILES string of the molecule is NSCCOC(N)=S. The molecule has 0 spiro atoms. The Hall–Kier alpha value is -0.0000000000000000278. The smallest absolute Gasteiger partial charge is 0.253 e. The predicted molar refractivity (Wildman–Crippen MR) is 39.4 cm³/mol. The van der Waals surface area contributed by atoms with Gasteiger partial charge in [0.1, 0.15) is 6.61 Å². The van der Waals surface area contributed by atoms with E-state index >= 15 is 0 Å². The third-order valence-corrected chi connectivity index (χ3v) is 0.966. The number of thiocarbonyl (C=S) groups is 1. The molecule has 0 saturated carbocycles. The molecular weight excluding hydrogens is 144 g/mol. The van der Waals surface area contributed by atoms with Crippen LogP contribution < -0.4 is 10.9 Å². The standard InChI is InChI=1S/C3H8N2OS2/c4-3(7)6-1-2-8-5/h1-2,5H2,(H2,4,7). The topological polar surface area (TPSA) is 61.3 Å². The van der Waals surface area contributed by atoms with Crippen molar-refractivity contribution in [2.75, 3.05) is 12.4 Å². The van der Waals surface area contributed by atoms with Gasteiger partial charge < -0.3 is 10.5 Å². The molecule has 0 aromatic carbocycles. The van der Waals surface area contributed by atoms with Crippen LogP contribution in [0, 0.1) is 0 Å². The van der Waals surface area contributed by atoms with E-state index < -0.39 is 0 Å². The van der Waals surface area contributed by atoms with E-state index in [9.17, 15) is 0 Å². The highest BCUT2D eigenvalue weighted by Crippen LogP contribution is 1.84. The summed E-state index contributed by atoms with van der Waals surface area (Å²) in [7, 11) is 0. The molecule has 3 nitrogen and oxygen atoms in total. The molecular formula is C3H8N2OS2. The van der Waals surface area contributed by atoms with Gasteiger partial charge in [-0.2, -0.15) is 0 Å². The van der Waals surface area contributed by atoms with Crippen LogP contribution in [0.3, 0.4) is 0 Å². The van der Waals surface area contributed by atoms with Gasteiger partial charge in [0.25, 0.3) is 5.17 Å². The first-order chi connectivity index (χ1) is 3.77. The van der Waals surface area contributed by atoms with Crippen LogP contribution in [-0.2, 0) is 4.74 Å². The molecule has 0 saturated heterocycles. The largest absolute Gasteiger partial charge is 0.470 e. The quantitative estimate of drug-likeness (QED) is 0.335. The number of nitrogens with two attached hydrogens (primary N) is 2. The van der Waals surface area contributed by atoms with Gasteiger partial charge in [0, 0.05) is 5.75 Å². The van der Waals surface area contributed by atoms with Crippen LogP contribution in [0.25, 0.3) is 0 Å². The highest BCUT2D eigenvalue weighted by molar-refractivity contribution is 7.97. The minimum atomic E-state index is 0.0825. The van der Waals surface area contributed by atoms with Crippen molar-refractivity contribution >= 4 is 29.3 Å². The Morgan fingerprint density at radius 1 is 1.75 bits per heavy atom. The summed E-state index contributed by atoms with van der Waals surface area (Å²) < 4.78 is 4.69. The van der Waals surface area contributed by atoms with Crippen LogP contribution in [0.2, 0.25) is 0 Å². The van der Waals surface area contributed by atoms with Gasteiger partial charge in [-0.25, -0.2) is 0 Å². The van der Waals surface area contributed by atoms with Crippen LogP contribution in [0.4, 0.5) is 0 Å². The fraction of sp³-hybridized carbons (Fsp3) is 0.667. The summed E-state index contributed by atoms with van der Waals surface area (Å²) in [6.45, 7) is 0.497. The molecule has 0 aliphatic carbocycles. The molecule has 0 bridgehead atoms. The van der Waals surface area contributed by atoms with Gasteiger partial charge in [0.2, 0.25) is 0 Å². The minimum Gasteiger partial charge on any atom is -0.470 e. The first-order valence-electron chi connectivity index (χ1n) is 2.01. The summed E-state index contributed by atoms with van der Waals surface area (Å²) in [6, 6.07) is 0. The van der Waals surface area contributed by atoms with Crippen molar-refractivity contribution in [3.05, 3.63) is 0 Å². The first kappa shape index (κ1) is 8.00. The Morgan fingerprint density at radius 3 is 2.75 bits per heavy atom. The molecule has 0 aliphatic rings. The number of rotatable bonds is 3. The van der Waals surface area contributed by atoms with Crippen LogP contribution in [0.15, 0.2) is 0 Å². The van der Waals surface area contributed by atoms with Gasteiger partial charge in [0.05, 0.1) is 0 Å². The van der Waals surface area contributed by atoms with E-state index in [1.54, 1.807) is 0 Å². The Morgan fingerprint density at radius 2 is 2.38 bits per heavy atom. The molecule has 0 radical (unpaired) electrons. The number of hydrogen-bond acceptors (Lipinski definition) is 4. The van der Waals surface area contributed by atoms with E-state index in [0.717, 1.165) is 5.75 Å². The average molecular weight is 152 g/mol. The maximum absolute atomic E-state index is 5.07. The van der Waals surface area contributed by atoms with E-state index in [-0.39, 0.29) is 5.17 Å². The molecule has 0 fully saturated rings. The lowest BCUT2D eigenvalue weighted by Crippen LogP contribution is -2.14. The molecule has 8 heavy (non-hydrogen) atoms. The van der Waals surface area contributed by atoms with Crippen molar-refractivity contribution in [3.8, 4) is 0 Å². The molecule has 0 aromatic rings. The van der Waals surface area contributed by atoms with E-state index in [4.69, 9.17) is 15.6 Å². The highest BCUT2D eigenvalue weighted by atomic mass is 32.2. The minimum absolute atomic E-state index is 0.0825. The monoisotopic (exact) mass is 152 g/mol. The summed E-state index contributed by atoms with van der Waals surface area (Å²) in [6.07, 6.45) is 0. The fourth-order valence-corrected chi connectivity index (χ4v) is 0.453. The fourth-order valence-electron chi connectivity index (χ4n) is 0.190. The van der Waals surface area contributed by atoms with Crippen molar-refractivity contribution in [2.24, 2.45) is 10.9 Å². The second-order valence-corrected chi connectivity index (χ2v) is 2.18. The van der Waals surface area contributed by atoms with Crippen molar-refractivity contribution in [2.45, 2.75) is 0 Å². The van der Waals surface area contributed by atoms with Crippen molar-refractivity contribution < 1.29 is 4.74 Å². The molecule has 0 aromatic heterocycles. The van der Waals surface area contributed by atoms with Crippen LogP contribution in [-0.4, -0.2) is 17.5 Å². The van der Waals surface area contributed by atoms with Gasteiger partial charge in [0.15, 0.2) is 0 Å². The van der Waals surface area contributed by atoms with E-state index in [1.807, 2.05) is 0 Å². The van der Waals surface area contributed by atoms with Gasteiger partial charge >= 0.3 is 0 Å². The normalized spacial score (nSPS) is 8.62. The second-order valence-electron chi connectivity index (χ2n) is 1.04. The van der Waals surface area contributed by atoms with Crippen LogP contribution in [0.5, 0.6) is 0 Å². The zero-order valence-electron chi connectivity index (χ0n) is 4.29. The van der Waals surface area contributed by atoms with Crippen molar-refractivity contribution in [1.29, 1.82) is 0 Å². The molecule has 0 rings (SSSR count). The zero-order chi connectivity index (χ0) is 6.41. The van der Waals surface area contributed by atoms with Gasteiger partial charge in [-0.15, -0.1) is 0 Å². The summed E-state index contributed by atoms with van der Waals surface area (Å²) in [5.74, 6) is 0.720. The number of ether oxygens (including phenoxy) is 1. The Balaban J connectivity index is 2.82. The van der Waals surface area contributed by atoms with E-state index in [1.165, 1.54) is 11.9 Å². The molecule has 0 unspecified atom stereocenters. The van der Waals surface area contributed by atoms with Crippen LogP contribution >= 0.6 is 24.2 Å². The lowest BCUT2D eigenvalue weighted by molar-refractivity contribution is 0.335. The average Bonchev–Trinajstić information content (AvgIpc) is 1.66. The number of hydrogen-bond donors (Lipinski definition) is 2. The van der Waals surface area contributed by atoms with Crippen molar-refractivity contribution in [1.82, 2.24) is 0 Å². The lowest BCUT2D eigenvalue weighted by atomic mass is 10.9. The molecule has 5 heteroatoms. The molecule has 0 heterocycles.